The van der Waals surface area contributed by atoms with Crippen LogP contribution in [0.25, 0.3) is 0 Å². The molecule has 0 aromatic heterocycles. The lowest BCUT2D eigenvalue weighted by atomic mass is 9.97. The van der Waals surface area contributed by atoms with Gasteiger partial charge in [0.1, 0.15) is 11.6 Å². The standard InChI is InChI=1S/C14H19F2N/c1-10-8-14(16)11(9-13(10)15)5-6-12-4-2-3-7-17-12/h8-9,12,17H,2-7H2,1H3. The van der Waals surface area contributed by atoms with E-state index in [1.807, 2.05) is 0 Å². The molecule has 3 heteroatoms. The summed E-state index contributed by atoms with van der Waals surface area (Å²) in [5.41, 5.74) is 0.877. The molecule has 0 radical (unpaired) electrons. The van der Waals surface area contributed by atoms with E-state index in [0.29, 0.717) is 23.6 Å². The minimum Gasteiger partial charge on any atom is -0.314 e. The molecule has 94 valence electrons. The molecule has 1 heterocycles. The van der Waals surface area contributed by atoms with Crippen molar-refractivity contribution < 1.29 is 8.78 Å². The van der Waals surface area contributed by atoms with Crippen LogP contribution in [-0.2, 0) is 6.42 Å². The zero-order valence-electron chi connectivity index (χ0n) is 10.2. The topological polar surface area (TPSA) is 12.0 Å². The molecule has 1 aromatic rings. The number of rotatable bonds is 3. The van der Waals surface area contributed by atoms with Crippen LogP contribution in [0.15, 0.2) is 12.1 Å². The average molecular weight is 239 g/mol. The van der Waals surface area contributed by atoms with Crippen molar-refractivity contribution in [2.45, 2.75) is 45.1 Å². The molecule has 1 saturated heterocycles. The van der Waals surface area contributed by atoms with Crippen molar-refractivity contribution in [3.05, 3.63) is 34.9 Å². The average Bonchev–Trinajstić information content (AvgIpc) is 2.33. The lowest BCUT2D eigenvalue weighted by Crippen LogP contribution is -2.34. The Hall–Kier alpha value is -0.960. The highest BCUT2D eigenvalue weighted by Gasteiger charge is 2.14. The summed E-state index contributed by atoms with van der Waals surface area (Å²) in [4.78, 5) is 0. The fourth-order valence-corrected chi connectivity index (χ4v) is 2.38. The summed E-state index contributed by atoms with van der Waals surface area (Å²) < 4.78 is 26.9. The van der Waals surface area contributed by atoms with E-state index in [4.69, 9.17) is 0 Å². The number of piperidine rings is 1. The van der Waals surface area contributed by atoms with Gasteiger partial charge in [0.2, 0.25) is 0 Å². The van der Waals surface area contributed by atoms with Gasteiger partial charge < -0.3 is 5.32 Å². The Morgan fingerprint density at radius 1 is 1.24 bits per heavy atom. The normalized spacial score (nSPS) is 20.5. The van der Waals surface area contributed by atoms with Gasteiger partial charge in [-0.2, -0.15) is 0 Å². The Bertz CT molecular complexity index is 384. The van der Waals surface area contributed by atoms with Crippen LogP contribution in [0.2, 0.25) is 0 Å². The van der Waals surface area contributed by atoms with E-state index in [1.165, 1.54) is 25.0 Å². The monoisotopic (exact) mass is 239 g/mol. The van der Waals surface area contributed by atoms with Gasteiger partial charge >= 0.3 is 0 Å². The van der Waals surface area contributed by atoms with Crippen LogP contribution in [0.5, 0.6) is 0 Å². The third-order valence-electron chi connectivity index (χ3n) is 3.50. The van der Waals surface area contributed by atoms with Crippen molar-refractivity contribution in [1.29, 1.82) is 0 Å². The highest BCUT2D eigenvalue weighted by atomic mass is 19.1. The Balaban J connectivity index is 1.96. The van der Waals surface area contributed by atoms with Crippen LogP contribution < -0.4 is 5.32 Å². The molecule has 1 fully saturated rings. The number of nitrogens with one attached hydrogen (secondary N) is 1. The van der Waals surface area contributed by atoms with Crippen LogP contribution >= 0.6 is 0 Å². The molecule has 1 N–H and O–H groups in total. The quantitative estimate of drug-likeness (QED) is 0.853. The molecule has 1 unspecified atom stereocenters. The molecule has 1 nitrogen and oxygen atoms in total. The molecule has 1 aliphatic heterocycles. The molecule has 17 heavy (non-hydrogen) atoms. The van der Waals surface area contributed by atoms with Crippen LogP contribution in [0.4, 0.5) is 8.78 Å². The summed E-state index contributed by atoms with van der Waals surface area (Å²) in [6.07, 6.45) is 5.11. The first kappa shape index (κ1) is 12.5. The zero-order chi connectivity index (χ0) is 12.3. The Labute approximate surface area is 101 Å². The maximum Gasteiger partial charge on any atom is 0.126 e. The highest BCUT2D eigenvalue weighted by Crippen LogP contribution is 2.18. The van der Waals surface area contributed by atoms with Gasteiger partial charge in [-0.15, -0.1) is 0 Å². The van der Waals surface area contributed by atoms with Crippen LogP contribution in [0, 0.1) is 18.6 Å². The van der Waals surface area contributed by atoms with E-state index in [0.717, 1.165) is 19.4 Å². The summed E-state index contributed by atoms with van der Waals surface area (Å²) >= 11 is 0. The Morgan fingerprint density at radius 3 is 2.76 bits per heavy atom. The molecule has 0 spiro atoms. The van der Waals surface area contributed by atoms with E-state index < -0.39 is 0 Å². The van der Waals surface area contributed by atoms with E-state index in [2.05, 4.69) is 5.32 Å². The van der Waals surface area contributed by atoms with Gasteiger partial charge in [0.25, 0.3) is 0 Å². The van der Waals surface area contributed by atoms with Gasteiger partial charge in [-0.1, -0.05) is 6.42 Å². The summed E-state index contributed by atoms with van der Waals surface area (Å²) in [6, 6.07) is 3.10. The van der Waals surface area contributed by atoms with Crippen molar-refractivity contribution in [1.82, 2.24) is 5.32 Å². The van der Waals surface area contributed by atoms with E-state index in [-0.39, 0.29) is 11.6 Å². The van der Waals surface area contributed by atoms with Crippen molar-refractivity contribution >= 4 is 0 Å². The summed E-state index contributed by atoms with van der Waals surface area (Å²) in [7, 11) is 0. The largest absolute Gasteiger partial charge is 0.314 e. The van der Waals surface area contributed by atoms with Crippen LogP contribution in [0.1, 0.15) is 36.8 Å². The smallest absolute Gasteiger partial charge is 0.126 e. The summed E-state index contributed by atoms with van der Waals surface area (Å²) in [5.74, 6) is -0.585. The lowest BCUT2D eigenvalue weighted by molar-refractivity contribution is 0.381. The zero-order valence-corrected chi connectivity index (χ0v) is 10.2. The highest BCUT2D eigenvalue weighted by molar-refractivity contribution is 5.25. The number of benzene rings is 1. The maximum atomic E-state index is 13.6. The molecule has 2 rings (SSSR count). The number of hydrogen-bond donors (Lipinski definition) is 1. The molecular weight excluding hydrogens is 220 g/mol. The fraction of sp³-hybridized carbons (Fsp3) is 0.571. The third kappa shape index (κ3) is 3.25. The number of hydrogen-bond acceptors (Lipinski definition) is 1. The third-order valence-corrected chi connectivity index (χ3v) is 3.50. The molecule has 1 aromatic carbocycles. The summed E-state index contributed by atoms with van der Waals surface area (Å²) in [6.45, 7) is 2.64. The van der Waals surface area contributed by atoms with Crippen LogP contribution in [0.3, 0.4) is 0 Å². The molecule has 1 atom stereocenters. The molecule has 0 saturated carbocycles. The number of aryl methyl sites for hydroxylation is 2. The first-order valence-electron chi connectivity index (χ1n) is 6.34. The van der Waals surface area contributed by atoms with Crippen molar-refractivity contribution in [3.8, 4) is 0 Å². The van der Waals surface area contributed by atoms with Crippen molar-refractivity contribution in [2.24, 2.45) is 0 Å². The lowest BCUT2D eigenvalue weighted by Gasteiger charge is -2.23. The Kier molecular flexibility index (Phi) is 4.11. The second-order valence-corrected chi connectivity index (χ2v) is 4.88. The number of halogens is 2. The maximum absolute atomic E-state index is 13.6. The van der Waals surface area contributed by atoms with Gasteiger partial charge in [0.15, 0.2) is 0 Å². The van der Waals surface area contributed by atoms with Crippen molar-refractivity contribution in [2.75, 3.05) is 6.54 Å². The van der Waals surface area contributed by atoms with Gasteiger partial charge in [-0.05, 0) is 62.4 Å². The van der Waals surface area contributed by atoms with Gasteiger partial charge in [-0.3, -0.25) is 0 Å². The van der Waals surface area contributed by atoms with Crippen LogP contribution in [-0.4, -0.2) is 12.6 Å². The first-order chi connectivity index (χ1) is 8.16. The molecule has 1 aliphatic rings. The molecular formula is C14H19F2N. The fourth-order valence-electron chi connectivity index (χ4n) is 2.38. The second kappa shape index (κ2) is 5.58. The summed E-state index contributed by atoms with van der Waals surface area (Å²) in [5, 5.41) is 3.42. The minimum absolute atomic E-state index is 0.278. The van der Waals surface area contributed by atoms with E-state index >= 15 is 0 Å². The van der Waals surface area contributed by atoms with Gasteiger partial charge in [0, 0.05) is 6.04 Å². The van der Waals surface area contributed by atoms with E-state index in [1.54, 1.807) is 6.92 Å². The van der Waals surface area contributed by atoms with Gasteiger partial charge in [0.05, 0.1) is 0 Å². The first-order valence-corrected chi connectivity index (χ1v) is 6.34. The van der Waals surface area contributed by atoms with Crippen molar-refractivity contribution in [3.63, 3.8) is 0 Å². The van der Waals surface area contributed by atoms with E-state index in [9.17, 15) is 8.78 Å². The predicted molar refractivity (Wildman–Crippen MR) is 65.1 cm³/mol. The second-order valence-electron chi connectivity index (χ2n) is 4.88. The minimum atomic E-state index is -0.307. The van der Waals surface area contributed by atoms with Gasteiger partial charge in [-0.25, -0.2) is 8.78 Å². The molecule has 0 aliphatic carbocycles. The predicted octanol–water partition coefficient (Wildman–Crippen LogP) is 3.35. The Morgan fingerprint density at radius 2 is 2.06 bits per heavy atom. The SMILES string of the molecule is Cc1cc(F)c(CCC2CCCCN2)cc1F. The molecule has 0 amide bonds. The molecule has 0 bridgehead atoms.